The monoisotopic (exact) mass is 404 g/mol. The summed E-state index contributed by atoms with van der Waals surface area (Å²) in [6, 6.07) is 19.3. The first-order valence-electron chi connectivity index (χ1n) is 10.2. The van der Waals surface area contributed by atoms with Crippen molar-refractivity contribution in [2.75, 3.05) is 10.8 Å². The van der Waals surface area contributed by atoms with Crippen molar-refractivity contribution in [3.63, 3.8) is 0 Å². The molecule has 0 N–H and O–H groups in total. The summed E-state index contributed by atoms with van der Waals surface area (Å²) in [7, 11) is -3.49. The van der Waals surface area contributed by atoms with E-state index in [1.165, 1.54) is 24.0 Å². The van der Waals surface area contributed by atoms with Crippen LogP contribution in [0.5, 0.6) is 0 Å². The van der Waals surface area contributed by atoms with Crippen molar-refractivity contribution in [3.05, 3.63) is 89.7 Å². The van der Waals surface area contributed by atoms with E-state index in [4.69, 9.17) is 0 Å². The largest absolute Gasteiger partial charge is 0.266 e. The Morgan fingerprint density at radius 2 is 1.79 bits per heavy atom. The number of anilines is 1. The number of hydrogen-bond acceptors (Lipinski definition) is 3. The van der Waals surface area contributed by atoms with Gasteiger partial charge in [-0.05, 0) is 84.5 Å². The average Bonchev–Trinajstić information content (AvgIpc) is 3.41. The minimum absolute atomic E-state index is 0.357. The third-order valence-electron chi connectivity index (χ3n) is 6.19. The molecule has 2 heterocycles. The van der Waals surface area contributed by atoms with Crippen LogP contribution in [0, 0.1) is 5.92 Å². The molecule has 0 bridgehead atoms. The van der Waals surface area contributed by atoms with Crippen molar-refractivity contribution < 1.29 is 8.42 Å². The van der Waals surface area contributed by atoms with Gasteiger partial charge in [0.15, 0.2) is 0 Å². The molecular weight excluding hydrogens is 380 g/mol. The molecule has 2 aliphatic rings. The number of hydrogen-bond donors (Lipinski definition) is 0. The summed E-state index contributed by atoms with van der Waals surface area (Å²) in [4.78, 5) is 4.44. The van der Waals surface area contributed by atoms with Gasteiger partial charge >= 0.3 is 0 Å². The number of pyridine rings is 1. The molecule has 5 rings (SSSR count). The molecule has 1 aromatic heterocycles. The van der Waals surface area contributed by atoms with Crippen molar-refractivity contribution in [2.24, 2.45) is 5.92 Å². The number of rotatable bonds is 6. The molecule has 1 saturated carbocycles. The third kappa shape index (κ3) is 3.55. The van der Waals surface area contributed by atoms with Crippen molar-refractivity contribution in [1.82, 2.24) is 4.98 Å². The highest BCUT2D eigenvalue weighted by atomic mass is 32.2. The van der Waals surface area contributed by atoms with Crippen LogP contribution in [0.3, 0.4) is 0 Å². The quantitative estimate of drug-likeness (QED) is 0.605. The summed E-state index contributed by atoms with van der Waals surface area (Å²) >= 11 is 0. The fourth-order valence-corrected chi connectivity index (χ4v) is 5.99. The normalized spacial score (nSPS) is 20.5. The third-order valence-corrected chi connectivity index (χ3v) is 8.02. The first kappa shape index (κ1) is 18.4. The standard InChI is InChI=1S/C24H24N2O2S/c27-29(28,22-4-2-1-3-5-22)26-15-12-21-16-19(8-9-24(21)26)23-17-20(23)7-6-18-10-13-25-14-11-18/h1-5,8-11,13-14,16,20,23H,6-7,12,15,17H2. The Morgan fingerprint density at radius 3 is 2.59 bits per heavy atom. The summed E-state index contributed by atoms with van der Waals surface area (Å²) in [5.74, 6) is 1.34. The van der Waals surface area contributed by atoms with Crippen molar-refractivity contribution in [3.8, 4) is 0 Å². The summed E-state index contributed by atoms with van der Waals surface area (Å²) in [6.07, 6.45) is 8.02. The number of aromatic nitrogens is 1. The van der Waals surface area contributed by atoms with E-state index in [1.54, 1.807) is 28.6 Å². The fourth-order valence-electron chi connectivity index (χ4n) is 4.47. The van der Waals surface area contributed by atoms with E-state index in [2.05, 4.69) is 29.2 Å². The highest BCUT2D eigenvalue weighted by Crippen LogP contribution is 2.51. The van der Waals surface area contributed by atoms with Crippen molar-refractivity contribution in [1.29, 1.82) is 0 Å². The van der Waals surface area contributed by atoms with Gasteiger partial charge in [-0.1, -0.05) is 30.3 Å². The lowest BCUT2D eigenvalue weighted by Crippen LogP contribution is -2.29. The molecule has 1 fully saturated rings. The number of sulfonamides is 1. The Hall–Kier alpha value is -2.66. The van der Waals surface area contributed by atoms with Gasteiger partial charge in [0.1, 0.15) is 0 Å². The molecule has 0 saturated heterocycles. The molecule has 0 radical (unpaired) electrons. The minimum atomic E-state index is -3.49. The van der Waals surface area contributed by atoms with Crippen LogP contribution < -0.4 is 4.31 Å². The molecule has 1 aliphatic heterocycles. The second-order valence-corrected chi connectivity index (χ2v) is 9.89. The van der Waals surface area contributed by atoms with Crippen LogP contribution in [0.2, 0.25) is 0 Å². The Bertz CT molecular complexity index is 1110. The van der Waals surface area contributed by atoms with Gasteiger partial charge in [-0.25, -0.2) is 8.42 Å². The van der Waals surface area contributed by atoms with E-state index >= 15 is 0 Å². The van der Waals surface area contributed by atoms with E-state index in [0.29, 0.717) is 17.4 Å². The lowest BCUT2D eigenvalue weighted by Gasteiger charge is -2.19. The van der Waals surface area contributed by atoms with Crippen LogP contribution in [0.1, 0.15) is 35.4 Å². The van der Waals surface area contributed by atoms with Crippen LogP contribution in [0.25, 0.3) is 0 Å². The van der Waals surface area contributed by atoms with E-state index in [-0.39, 0.29) is 0 Å². The van der Waals surface area contributed by atoms with Gasteiger partial charge in [-0.2, -0.15) is 0 Å². The zero-order valence-electron chi connectivity index (χ0n) is 16.2. The van der Waals surface area contributed by atoms with Gasteiger partial charge < -0.3 is 0 Å². The zero-order valence-corrected chi connectivity index (χ0v) is 17.1. The maximum absolute atomic E-state index is 13.0. The van der Waals surface area contributed by atoms with Crippen LogP contribution >= 0.6 is 0 Å². The summed E-state index contributed by atoms with van der Waals surface area (Å²) < 4.78 is 27.6. The molecule has 2 aromatic carbocycles. The molecule has 2 atom stereocenters. The number of fused-ring (bicyclic) bond motifs is 1. The first-order chi connectivity index (χ1) is 14.1. The van der Waals surface area contributed by atoms with Crippen LogP contribution in [0.15, 0.2) is 78.0 Å². The van der Waals surface area contributed by atoms with Crippen molar-refractivity contribution in [2.45, 2.75) is 36.5 Å². The topological polar surface area (TPSA) is 50.3 Å². The van der Waals surface area contributed by atoms with Gasteiger partial charge in [-0.3, -0.25) is 9.29 Å². The fraction of sp³-hybridized carbons (Fsp3) is 0.292. The highest BCUT2D eigenvalue weighted by molar-refractivity contribution is 7.92. The van der Waals surface area contributed by atoms with Crippen LogP contribution in [-0.2, 0) is 22.9 Å². The lowest BCUT2D eigenvalue weighted by molar-refractivity contribution is 0.592. The molecule has 0 spiro atoms. The van der Waals surface area contributed by atoms with Gasteiger partial charge in [0, 0.05) is 18.9 Å². The molecule has 148 valence electrons. The maximum atomic E-state index is 13.0. The van der Waals surface area contributed by atoms with Gasteiger partial charge in [0.2, 0.25) is 0 Å². The Morgan fingerprint density at radius 1 is 1.00 bits per heavy atom. The summed E-state index contributed by atoms with van der Waals surface area (Å²) in [5.41, 5.74) is 4.71. The molecule has 4 nitrogen and oxygen atoms in total. The molecule has 1 aliphatic carbocycles. The summed E-state index contributed by atoms with van der Waals surface area (Å²) in [5, 5.41) is 0. The minimum Gasteiger partial charge on any atom is -0.266 e. The molecule has 2 unspecified atom stereocenters. The summed E-state index contributed by atoms with van der Waals surface area (Å²) in [6.45, 7) is 0.520. The molecule has 5 heteroatoms. The lowest BCUT2D eigenvalue weighted by atomic mass is 10.0. The predicted molar refractivity (Wildman–Crippen MR) is 115 cm³/mol. The highest BCUT2D eigenvalue weighted by Gasteiger charge is 2.39. The van der Waals surface area contributed by atoms with E-state index in [0.717, 1.165) is 30.0 Å². The molecule has 29 heavy (non-hydrogen) atoms. The second-order valence-electron chi connectivity index (χ2n) is 8.02. The Balaban J connectivity index is 1.29. The van der Waals surface area contributed by atoms with E-state index in [1.807, 2.05) is 24.5 Å². The van der Waals surface area contributed by atoms with Crippen molar-refractivity contribution >= 4 is 15.7 Å². The van der Waals surface area contributed by atoms with Crippen LogP contribution in [0.4, 0.5) is 5.69 Å². The number of aryl methyl sites for hydroxylation is 1. The molecular formula is C24H24N2O2S. The number of nitrogens with zero attached hydrogens (tertiary/aromatic N) is 2. The molecule has 3 aromatic rings. The zero-order chi connectivity index (χ0) is 19.8. The first-order valence-corrected chi connectivity index (χ1v) is 11.7. The van der Waals surface area contributed by atoms with Gasteiger partial charge in [0.25, 0.3) is 10.0 Å². The smallest absolute Gasteiger partial charge is 0.264 e. The van der Waals surface area contributed by atoms with E-state index in [9.17, 15) is 8.42 Å². The second kappa shape index (κ2) is 7.30. The maximum Gasteiger partial charge on any atom is 0.264 e. The predicted octanol–water partition coefficient (Wildman–Crippen LogP) is 4.57. The van der Waals surface area contributed by atoms with Gasteiger partial charge in [-0.15, -0.1) is 0 Å². The number of benzene rings is 2. The van der Waals surface area contributed by atoms with Crippen LogP contribution in [-0.4, -0.2) is 19.9 Å². The average molecular weight is 405 g/mol. The molecule has 0 amide bonds. The van der Waals surface area contributed by atoms with Gasteiger partial charge in [0.05, 0.1) is 10.6 Å². The Kier molecular flexibility index (Phi) is 4.63. The SMILES string of the molecule is O=S(=O)(c1ccccc1)N1CCc2cc(C3CC3CCc3ccncc3)ccc21. The van der Waals surface area contributed by atoms with E-state index < -0.39 is 10.0 Å². The Labute approximate surface area is 172 Å².